The van der Waals surface area contributed by atoms with E-state index in [1.54, 1.807) is 12.4 Å². The number of aliphatic hydroxyl groups excluding tert-OH is 1. The normalized spacial score (nSPS) is 10.7. The van der Waals surface area contributed by atoms with E-state index in [-0.39, 0.29) is 12.5 Å². The van der Waals surface area contributed by atoms with Crippen LogP contribution in [0, 0.1) is 11.3 Å². The molecular formula is C31H27N5O2. The van der Waals surface area contributed by atoms with E-state index in [1.807, 2.05) is 72.9 Å². The molecule has 5 aromatic rings. The minimum atomic E-state index is -0.129. The van der Waals surface area contributed by atoms with Gasteiger partial charge in [0.15, 0.2) is 0 Å². The zero-order valence-corrected chi connectivity index (χ0v) is 20.7. The maximum atomic E-state index is 12.4. The number of aliphatic hydroxyl groups is 1. The SMILES string of the molecule is N#Cc1cncc(-c2cccc(-c3ccc(C(=O)NCCCCO)cc3)c2)c1Nc1cccc2[nH]ccc12. The maximum absolute atomic E-state index is 12.4. The summed E-state index contributed by atoms with van der Waals surface area (Å²) in [5.41, 5.74) is 7.33. The van der Waals surface area contributed by atoms with Gasteiger partial charge in [-0.2, -0.15) is 5.26 Å². The number of benzene rings is 3. The predicted octanol–water partition coefficient (Wildman–Crippen LogP) is 6.01. The van der Waals surface area contributed by atoms with E-state index < -0.39 is 0 Å². The summed E-state index contributed by atoms with van der Waals surface area (Å²) < 4.78 is 0. The first kappa shape index (κ1) is 24.8. The van der Waals surface area contributed by atoms with Gasteiger partial charge in [-0.15, -0.1) is 0 Å². The summed E-state index contributed by atoms with van der Waals surface area (Å²) in [6.45, 7) is 0.662. The summed E-state index contributed by atoms with van der Waals surface area (Å²) >= 11 is 0. The zero-order valence-electron chi connectivity index (χ0n) is 20.7. The smallest absolute Gasteiger partial charge is 0.251 e. The van der Waals surface area contributed by atoms with Crippen LogP contribution < -0.4 is 10.6 Å². The van der Waals surface area contributed by atoms with Gasteiger partial charge >= 0.3 is 0 Å². The quantitative estimate of drug-likeness (QED) is 0.185. The molecule has 5 rings (SSSR count). The van der Waals surface area contributed by atoms with Crippen LogP contribution in [-0.2, 0) is 0 Å². The molecular weight excluding hydrogens is 474 g/mol. The molecule has 3 aromatic carbocycles. The zero-order chi connectivity index (χ0) is 26.3. The second-order valence-corrected chi connectivity index (χ2v) is 8.94. The van der Waals surface area contributed by atoms with Gasteiger partial charge in [0.2, 0.25) is 0 Å². The molecule has 0 bridgehead atoms. The molecule has 4 N–H and O–H groups in total. The van der Waals surface area contributed by atoms with Crippen LogP contribution in [0.4, 0.5) is 11.4 Å². The van der Waals surface area contributed by atoms with E-state index in [2.05, 4.69) is 32.7 Å². The summed E-state index contributed by atoms with van der Waals surface area (Å²) in [5, 5.41) is 26.1. The van der Waals surface area contributed by atoms with Crippen molar-refractivity contribution in [3.8, 4) is 28.3 Å². The van der Waals surface area contributed by atoms with Crippen LogP contribution in [-0.4, -0.2) is 34.1 Å². The van der Waals surface area contributed by atoms with Crippen LogP contribution in [0.5, 0.6) is 0 Å². The fraction of sp³-hybridized carbons (Fsp3) is 0.129. The number of hydrogen-bond acceptors (Lipinski definition) is 5. The molecule has 0 fully saturated rings. The number of nitrogens with one attached hydrogen (secondary N) is 3. The largest absolute Gasteiger partial charge is 0.396 e. The molecule has 0 saturated carbocycles. The van der Waals surface area contributed by atoms with Gasteiger partial charge in [-0.1, -0.05) is 36.4 Å². The van der Waals surface area contributed by atoms with Crippen LogP contribution >= 0.6 is 0 Å². The summed E-state index contributed by atoms with van der Waals surface area (Å²) in [4.78, 5) is 19.9. The van der Waals surface area contributed by atoms with E-state index >= 15 is 0 Å². The number of carbonyl (C=O) groups excluding carboxylic acids is 1. The Bertz CT molecular complexity index is 1620. The molecule has 0 atom stereocenters. The van der Waals surface area contributed by atoms with Gasteiger partial charge in [-0.25, -0.2) is 0 Å². The molecule has 0 spiro atoms. The number of rotatable bonds is 9. The topological polar surface area (TPSA) is 114 Å². The fourth-order valence-electron chi connectivity index (χ4n) is 4.45. The number of H-pyrrole nitrogens is 1. The van der Waals surface area contributed by atoms with Crippen molar-refractivity contribution in [2.45, 2.75) is 12.8 Å². The summed E-state index contributed by atoms with van der Waals surface area (Å²) in [6.07, 6.45) is 6.64. The number of pyridine rings is 1. The molecule has 188 valence electrons. The van der Waals surface area contributed by atoms with Gasteiger partial charge in [0.25, 0.3) is 5.91 Å². The molecule has 0 radical (unpaired) electrons. The lowest BCUT2D eigenvalue weighted by Crippen LogP contribution is -2.24. The van der Waals surface area contributed by atoms with Crippen molar-refractivity contribution in [3.05, 3.63) is 103 Å². The number of fused-ring (bicyclic) bond motifs is 1. The molecule has 2 aromatic heterocycles. The first-order chi connectivity index (χ1) is 18.7. The highest BCUT2D eigenvalue weighted by atomic mass is 16.3. The number of aromatic amines is 1. The first-order valence-corrected chi connectivity index (χ1v) is 12.5. The van der Waals surface area contributed by atoms with Crippen LogP contribution in [0.1, 0.15) is 28.8 Å². The summed E-state index contributed by atoms with van der Waals surface area (Å²) in [7, 11) is 0. The predicted molar refractivity (Wildman–Crippen MR) is 150 cm³/mol. The van der Waals surface area contributed by atoms with E-state index in [0.717, 1.165) is 45.3 Å². The Hall–Kier alpha value is -4.93. The number of nitrogens with zero attached hydrogens (tertiary/aromatic N) is 2. The maximum Gasteiger partial charge on any atom is 0.251 e. The molecule has 0 saturated heterocycles. The number of hydrogen-bond donors (Lipinski definition) is 4. The molecule has 0 aliphatic rings. The van der Waals surface area contributed by atoms with Gasteiger partial charge < -0.3 is 20.7 Å². The molecule has 38 heavy (non-hydrogen) atoms. The van der Waals surface area contributed by atoms with Crippen molar-refractivity contribution in [1.29, 1.82) is 5.26 Å². The van der Waals surface area contributed by atoms with Crippen LogP contribution in [0.3, 0.4) is 0 Å². The number of carbonyl (C=O) groups is 1. The number of aromatic nitrogens is 2. The Balaban J connectivity index is 1.44. The minimum Gasteiger partial charge on any atom is -0.396 e. The Morgan fingerprint density at radius 3 is 2.58 bits per heavy atom. The Kier molecular flexibility index (Phi) is 7.44. The van der Waals surface area contributed by atoms with Gasteiger partial charge in [-0.3, -0.25) is 9.78 Å². The van der Waals surface area contributed by atoms with E-state index in [0.29, 0.717) is 29.8 Å². The van der Waals surface area contributed by atoms with Crippen LogP contribution in [0.25, 0.3) is 33.2 Å². The van der Waals surface area contributed by atoms with E-state index in [4.69, 9.17) is 5.11 Å². The lowest BCUT2D eigenvalue weighted by molar-refractivity contribution is 0.0952. The Labute approximate surface area is 220 Å². The Morgan fingerprint density at radius 1 is 0.947 bits per heavy atom. The average Bonchev–Trinajstić information content (AvgIpc) is 3.46. The molecule has 1 amide bonds. The lowest BCUT2D eigenvalue weighted by atomic mass is 9.97. The van der Waals surface area contributed by atoms with Gasteiger partial charge in [0.05, 0.1) is 11.3 Å². The third kappa shape index (κ3) is 5.26. The second-order valence-electron chi connectivity index (χ2n) is 8.94. The molecule has 2 heterocycles. The third-order valence-corrected chi connectivity index (χ3v) is 6.45. The van der Waals surface area contributed by atoms with Crippen molar-refractivity contribution in [1.82, 2.24) is 15.3 Å². The van der Waals surface area contributed by atoms with Gasteiger partial charge in [0, 0.05) is 59.5 Å². The third-order valence-electron chi connectivity index (χ3n) is 6.45. The highest BCUT2D eigenvalue weighted by Crippen LogP contribution is 2.36. The second kappa shape index (κ2) is 11.4. The lowest BCUT2D eigenvalue weighted by Gasteiger charge is -2.15. The first-order valence-electron chi connectivity index (χ1n) is 12.5. The molecule has 0 unspecified atom stereocenters. The highest BCUT2D eigenvalue weighted by Gasteiger charge is 2.14. The van der Waals surface area contributed by atoms with Crippen molar-refractivity contribution in [2.24, 2.45) is 0 Å². The number of amides is 1. The molecule has 0 aliphatic heterocycles. The standard InChI is InChI=1S/C31H27N5O2/c32-18-25-19-33-20-27(30(25)36-29-8-4-7-28-26(29)13-15-34-28)24-6-3-5-23(17-24)21-9-11-22(12-10-21)31(38)35-14-1-2-16-37/h3-13,15,17,19-20,34,37H,1-2,14,16H2,(H,33,36)(H,35,38). The summed E-state index contributed by atoms with van der Waals surface area (Å²) in [6, 6.07) is 25.8. The van der Waals surface area contributed by atoms with Gasteiger partial charge in [0.1, 0.15) is 6.07 Å². The average molecular weight is 502 g/mol. The minimum absolute atomic E-state index is 0.126. The van der Waals surface area contributed by atoms with Crippen LogP contribution in [0.2, 0.25) is 0 Å². The number of anilines is 2. The fourth-order valence-corrected chi connectivity index (χ4v) is 4.45. The van der Waals surface area contributed by atoms with E-state index in [1.165, 1.54) is 0 Å². The van der Waals surface area contributed by atoms with Crippen LogP contribution in [0.15, 0.2) is 91.4 Å². The highest BCUT2D eigenvalue weighted by molar-refractivity contribution is 5.97. The van der Waals surface area contributed by atoms with E-state index in [9.17, 15) is 10.1 Å². The van der Waals surface area contributed by atoms with Crippen molar-refractivity contribution < 1.29 is 9.90 Å². The Morgan fingerprint density at radius 2 is 1.76 bits per heavy atom. The molecule has 0 aliphatic carbocycles. The van der Waals surface area contributed by atoms with Crippen molar-refractivity contribution in [3.63, 3.8) is 0 Å². The number of unbranched alkanes of at least 4 members (excludes halogenated alkanes) is 1. The molecule has 7 nitrogen and oxygen atoms in total. The summed E-state index contributed by atoms with van der Waals surface area (Å²) in [5.74, 6) is -0.129. The molecule has 7 heteroatoms. The van der Waals surface area contributed by atoms with Crippen molar-refractivity contribution in [2.75, 3.05) is 18.5 Å². The van der Waals surface area contributed by atoms with Crippen molar-refractivity contribution >= 4 is 28.2 Å². The number of nitriles is 1. The monoisotopic (exact) mass is 501 g/mol. The van der Waals surface area contributed by atoms with Gasteiger partial charge in [-0.05, 0) is 65.9 Å².